The van der Waals surface area contributed by atoms with Crippen molar-refractivity contribution in [2.45, 2.75) is 11.8 Å². The van der Waals surface area contributed by atoms with Gasteiger partial charge in [-0.2, -0.15) is 4.31 Å². The molecule has 160 valence electrons. The summed E-state index contributed by atoms with van der Waals surface area (Å²) in [6, 6.07) is 7.77. The molecular weight excluding hydrogens is 432 g/mol. The van der Waals surface area contributed by atoms with Crippen LogP contribution >= 0.6 is 11.6 Å². The number of benzene rings is 1. The summed E-state index contributed by atoms with van der Waals surface area (Å²) in [4.78, 5) is 25.7. The third-order valence-electron chi connectivity index (χ3n) is 4.74. The standard InChI is InChI=1S/C20H21ClN2O6S/c1-14-16(20(25)28-2)13-15(29-14)7-8-19(24)22-9-11-23(12-10-22)30(26,27)18-6-4-3-5-17(18)21/h3-8,13H,9-12H2,1-2H3/b8-7+. The van der Waals surface area contributed by atoms with Crippen molar-refractivity contribution in [3.63, 3.8) is 0 Å². The molecule has 1 fully saturated rings. The van der Waals surface area contributed by atoms with Crippen LogP contribution in [0.15, 0.2) is 45.7 Å². The number of rotatable bonds is 5. The van der Waals surface area contributed by atoms with Crippen molar-refractivity contribution in [3.8, 4) is 0 Å². The number of aryl methyl sites for hydroxylation is 1. The first kappa shape index (κ1) is 22.1. The minimum absolute atomic E-state index is 0.0564. The molecule has 30 heavy (non-hydrogen) atoms. The SMILES string of the molecule is COC(=O)c1cc(/C=C/C(=O)N2CCN(S(=O)(=O)c3ccccc3Cl)CC2)oc1C. The Kier molecular flexibility index (Phi) is 6.64. The molecule has 1 saturated heterocycles. The van der Waals surface area contributed by atoms with Gasteiger partial charge in [-0.25, -0.2) is 13.2 Å². The minimum Gasteiger partial charge on any atom is -0.465 e. The van der Waals surface area contributed by atoms with Crippen LogP contribution in [0.2, 0.25) is 5.02 Å². The molecule has 0 spiro atoms. The Morgan fingerprint density at radius 1 is 1.17 bits per heavy atom. The third-order valence-corrected chi connectivity index (χ3v) is 7.14. The number of piperazine rings is 1. The maximum Gasteiger partial charge on any atom is 0.341 e. The van der Waals surface area contributed by atoms with Gasteiger partial charge in [0.05, 0.1) is 12.1 Å². The van der Waals surface area contributed by atoms with Gasteiger partial charge in [0.1, 0.15) is 22.0 Å². The quantitative estimate of drug-likeness (QED) is 0.511. The van der Waals surface area contributed by atoms with Gasteiger partial charge in [-0.1, -0.05) is 23.7 Å². The maximum absolute atomic E-state index is 12.8. The zero-order valence-corrected chi connectivity index (χ0v) is 18.1. The molecular formula is C20H21ClN2O6S. The van der Waals surface area contributed by atoms with Gasteiger partial charge >= 0.3 is 5.97 Å². The molecule has 0 unspecified atom stereocenters. The number of methoxy groups -OCH3 is 1. The van der Waals surface area contributed by atoms with Gasteiger partial charge in [0.25, 0.3) is 0 Å². The van der Waals surface area contributed by atoms with Gasteiger partial charge in [-0.3, -0.25) is 4.79 Å². The largest absolute Gasteiger partial charge is 0.465 e. The Labute approximate surface area is 179 Å². The van der Waals surface area contributed by atoms with Crippen molar-refractivity contribution in [3.05, 3.63) is 58.5 Å². The molecule has 1 aromatic heterocycles. The first-order valence-corrected chi connectivity index (χ1v) is 11.0. The van der Waals surface area contributed by atoms with Crippen LogP contribution in [0.25, 0.3) is 6.08 Å². The van der Waals surface area contributed by atoms with Crippen LogP contribution in [-0.2, 0) is 19.6 Å². The first-order valence-electron chi connectivity index (χ1n) is 9.14. The lowest BCUT2D eigenvalue weighted by atomic mass is 10.2. The van der Waals surface area contributed by atoms with E-state index < -0.39 is 16.0 Å². The van der Waals surface area contributed by atoms with Crippen molar-refractivity contribution >= 4 is 39.6 Å². The van der Waals surface area contributed by atoms with E-state index in [9.17, 15) is 18.0 Å². The van der Waals surface area contributed by atoms with E-state index in [0.29, 0.717) is 17.1 Å². The average Bonchev–Trinajstić information content (AvgIpc) is 3.12. The molecule has 3 rings (SSSR count). The summed E-state index contributed by atoms with van der Waals surface area (Å²) in [6.45, 7) is 2.46. The molecule has 1 amide bonds. The molecule has 1 aliphatic heterocycles. The highest BCUT2D eigenvalue weighted by molar-refractivity contribution is 7.89. The molecule has 2 heterocycles. The summed E-state index contributed by atoms with van der Waals surface area (Å²) in [5, 5.41) is 0.166. The summed E-state index contributed by atoms with van der Waals surface area (Å²) >= 11 is 6.03. The normalized spacial score (nSPS) is 15.5. The number of hydrogen-bond acceptors (Lipinski definition) is 6. The van der Waals surface area contributed by atoms with Gasteiger partial charge < -0.3 is 14.1 Å². The Hall–Kier alpha value is -2.62. The van der Waals surface area contributed by atoms with Gasteiger partial charge in [0.2, 0.25) is 15.9 Å². The molecule has 0 radical (unpaired) electrons. The van der Waals surface area contributed by atoms with E-state index in [1.807, 2.05) is 0 Å². The smallest absolute Gasteiger partial charge is 0.341 e. The Bertz CT molecular complexity index is 1080. The van der Waals surface area contributed by atoms with Crippen LogP contribution in [0.1, 0.15) is 21.9 Å². The zero-order valence-electron chi connectivity index (χ0n) is 16.5. The van der Waals surface area contributed by atoms with Crippen LogP contribution < -0.4 is 0 Å². The summed E-state index contributed by atoms with van der Waals surface area (Å²) < 4.78 is 37.0. The summed E-state index contributed by atoms with van der Waals surface area (Å²) in [5.41, 5.74) is 0.294. The van der Waals surface area contributed by atoms with Gasteiger partial charge in [-0.15, -0.1) is 0 Å². The summed E-state index contributed by atoms with van der Waals surface area (Å²) in [6.07, 6.45) is 2.80. The Balaban J connectivity index is 1.62. The van der Waals surface area contributed by atoms with Crippen LogP contribution in [-0.4, -0.2) is 62.8 Å². The van der Waals surface area contributed by atoms with E-state index in [4.69, 9.17) is 16.0 Å². The number of carbonyl (C=O) groups excluding carboxylic acids is 2. The Morgan fingerprint density at radius 3 is 2.47 bits per heavy atom. The van der Waals surface area contributed by atoms with Crippen molar-refractivity contribution in [2.24, 2.45) is 0 Å². The van der Waals surface area contributed by atoms with Crippen molar-refractivity contribution in [2.75, 3.05) is 33.3 Å². The molecule has 8 nitrogen and oxygen atoms in total. The average molecular weight is 453 g/mol. The summed E-state index contributed by atoms with van der Waals surface area (Å²) in [7, 11) is -2.45. The zero-order chi connectivity index (χ0) is 21.9. The molecule has 0 atom stereocenters. The number of carbonyl (C=O) groups is 2. The van der Waals surface area contributed by atoms with Crippen molar-refractivity contribution in [1.82, 2.24) is 9.21 Å². The number of halogens is 1. The molecule has 1 aromatic carbocycles. The molecule has 0 N–H and O–H groups in total. The van der Waals surface area contributed by atoms with Gasteiger partial charge in [0, 0.05) is 32.3 Å². The van der Waals surface area contributed by atoms with E-state index in [1.165, 1.54) is 41.8 Å². The van der Waals surface area contributed by atoms with E-state index in [0.717, 1.165) is 0 Å². The topological polar surface area (TPSA) is 97.1 Å². The predicted octanol–water partition coefficient (Wildman–Crippen LogP) is 2.57. The monoisotopic (exact) mass is 452 g/mol. The fourth-order valence-corrected chi connectivity index (χ4v) is 5.02. The van der Waals surface area contributed by atoms with Crippen LogP contribution in [0.4, 0.5) is 0 Å². The highest BCUT2D eigenvalue weighted by atomic mass is 35.5. The lowest BCUT2D eigenvalue weighted by Gasteiger charge is -2.33. The first-order chi connectivity index (χ1) is 14.2. The highest BCUT2D eigenvalue weighted by Crippen LogP contribution is 2.25. The fraction of sp³-hybridized carbons (Fsp3) is 0.300. The summed E-state index contributed by atoms with van der Waals surface area (Å²) in [5.74, 6) is -0.0509. The maximum atomic E-state index is 12.8. The second-order valence-electron chi connectivity index (χ2n) is 6.60. The number of furan rings is 1. The number of nitrogens with zero attached hydrogens (tertiary/aromatic N) is 2. The van der Waals surface area contributed by atoms with Crippen LogP contribution in [0, 0.1) is 6.92 Å². The number of amides is 1. The number of esters is 1. The van der Waals surface area contributed by atoms with Crippen molar-refractivity contribution < 1.29 is 27.2 Å². The van der Waals surface area contributed by atoms with E-state index in [-0.39, 0.29) is 42.0 Å². The van der Waals surface area contributed by atoms with Crippen LogP contribution in [0.5, 0.6) is 0 Å². The third kappa shape index (κ3) is 4.58. The predicted molar refractivity (Wildman–Crippen MR) is 111 cm³/mol. The molecule has 1 aliphatic rings. The number of sulfonamides is 1. The molecule has 10 heteroatoms. The van der Waals surface area contributed by atoms with Crippen LogP contribution in [0.3, 0.4) is 0 Å². The Morgan fingerprint density at radius 2 is 1.83 bits per heavy atom. The highest BCUT2D eigenvalue weighted by Gasteiger charge is 2.30. The van der Waals surface area contributed by atoms with Gasteiger partial charge in [0.15, 0.2) is 0 Å². The second-order valence-corrected chi connectivity index (χ2v) is 8.92. The second kappa shape index (κ2) is 9.03. The lowest BCUT2D eigenvalue weighted by molar-refractivity contribution is -0.127. The lowest BCUT2D eigenvalue weighted by Crippen LogP contribution is -2.50. The molecule has 2 aromatic rings. The minimum atomic E-state index is -3.72. The van der Waals surface area contributed by atoms with Crippen molar-refractivity contribution in [1.29, 1.82) is 0 Å². The van der Waals surface area contributed by atoms with E-state index in [1.54, 1.807) is 24.0 Å². The van der Waals surface area contributed by atoms with Gasteiger partial charge in [-0.05, 0) is 31.2 Å². The van der Waals surface area contributed by atoms with E-state index >= 15 is 0 Å². The fourth-order valence-electron chi connectivity index (χ4n) is 3.10. The molecule has 0 aliphatic carbocycles. The number of ether oxygens (including phenoxy) is 1. The number of hydrogen-bond donors (Lipinski definition) is 0. The molecule has 0 saturated carbocycles. The van der Waals surface area contributed by atoms with E-state index in [2.05, 4.69) is 4.74 Å². The molecule has 0 bridgehead atoms.